The molecule has 4 heteroatoms. The Kier molecular flexibility index (Phi) is 31.9. The second-order valence-corrected chi connectivity index (χ2v) is 3.39. The lowest BCUT2D eigenvalue weighted by atomic mass is 11.0. The molecule has 0 aliphatic carbocycles. The van der Waals surface area contributed by atoms with E-state index in [9.17, 15) is 0 Å². The lowest BCUT2D eigenvalue weighted by molar-refractivity contribution is 0.0894. The summed E-state index contributed by atoms with van der Waals surface area (Å²) in [6.07, 6.45) is 0. The van der Waals surface area contributed by atoms with E-state index in [2.05, 4.69) is 0 Å². The second-order valence-electron chi connectivity index (χ2n) is 3.39. The van der Waals surface area contributed by atoms with Gasteiger partial charge in [-0.25, -0.2) is 20.0 Å². The molecule has 0 rings (SSSR count). The standard InChI is InChI=1S/2C4H12N2.3CH4/c2*1-5(2)6(3)4;;;/h2*1-4H3;3*1H4. The fourth-order valence-corrected chi connectivity index (χ4v) is 0. The van der Waals surface area contributed by atoms with Crippen molar-refractivity contribution in [2.24, 2.45) is 0 Å². The number of hydrogen-bond donors (Lipinski definition) is 0. The second kappa shape index (κ2) is 16.3. The van der Waals surface area contributed by atoms with E-state index < -0.39 is 0 Å². The van der Waals surface area contributed by atoms with Gasteiger partial charge >= 0.3 is 0 Å². The molecule has 0 aromatic rings. The first-order valence-electron chi connectivity index (χ1n) is 3.98. The smallest absolute Gasteiger partial charge is 0.00151 e. The van der Waals surface area contributed by atoms with Crippen LogP contribution in [0.3, 0.4) is 0 Å². The Labute approximate surface area is 99.4 Å². The molecule has 0 saturated carbocycles. The highest BCUT2D eigenvalue weighted by molar-refractivity contribution is 4.22. The molecule has 0 aliphatic heterocycles. The van der Waals surface area contributed by atoms with Crippen molar-refractivity contribution in [2.45, 2.75) is 22.3 Å². The van der Waals surface area contributed by atoms with Crippen molar-refractivity contribution in [1.82, 2.24) is 20.0 Å². The molecule has 4 nitrogen and oxygen atoms in total. The van der Waals surface area contributed by atoms with Crippen LogP contribution >= 0.6 is 0 Å². The lowest BCUT2D eigenvalue weighted by Gasteiger charge is -2.17. The van der Waals surface area contributed by atoms with E-state index in [1.165, 1.54) is 0 Å². The summed E-state index contributed by atoms with van der Waals surface area (Å²) >= 11 is 0. The van der Waals surface area contributed by atoms with Gasteiger partial charge < -0.3 is 0 Å². The van der Waals surface area contributed by atoms with E-state index in [0.717, 1.165) is 0 Å². The van der Waals surface area contributed by atoms with Crippen LogP contribution in [0.2, 0.25) is 0 Å². The predicted molar refractivity (Wildman–Crippen MR) is 74.9 cm³/mol. The number of hydrogen-bond acceptors (Lipinski definition) is 4. The van der Waals surface area contributed by atoms with Crippen molar-refractivity contribution in [2.75, 3.05) is 56.4 Å². The van der Waals surface area contributed by atoms with Gasteiger partial charge in [0.25, 0.3) is 0 Å². The van der Waals surface area contributed by atoms with Crippen LogP contribution < -0.4 is 0 Å². The molecular formula is C11H36N4. The Bertz CT molecular complexity index is 66.6. The molecule has 0 fully saturated rings. The van der Waals surface area contributed by atoms with Crippen molar-refractivity contribution in [3.8, 4) is 0 Å². The Hall–Kier alpha value is -0.160. The van der Waals surface area contributed by atoms with Gasteiger partial charge in [0.05, 0.1) is 0 Å². The highest BCUT2D eigenvalue weighted by Crippen LogP contribution is 1.73. The average Bonchev–Trinajstić information content (AvgIpc) is 1.88. The molecule has 0 saturated heterocycles. The highest BCUT2D eigenvalue weighted by Gasteiger charge is 1.85. The van der Waals surface area contributed by atoms with Crippen LogP contribution in [0.4, 0.5) is 0 Å². The normalized spacial score (nSPS) is 8.80. The number of hydrazine groups is 2. The van der Waals surface area contributed by atoms with E-state index in [-0.39, 0.29) is 22.3 Å². The average molecular weight is 224 g/mol. The van der Waals surface area contributed by atoms with E-state index >= 15 is 0 Å². The number of rotatable bonds is 2. The predicted octanol–water partition coefficient (Wildman–Crippen LogP) is 1.96. The zero-order valence-corrected chi connectivity index (χ0v) is 9.79. The SMILES string of the molecule is C.C.C.CN(C)N(C)C.CN(C)N(C)C. The molecule has 0 heterocycles. The highest BCUT2D eigenvalue weighted by atomic mass is 15.6. The fraction of sp³-hybridized carbons (Fsp3) is 1.00. The van der Waals surface area contributed by atoms with E-state index in [4.69, 9.17) is 0 Å². The Morgan fingerprint density at radius 1 is 0.333 bits per heavy atom. The van der Waals surface area contributed by atoms with Gasteiger partial charge in [-0.05, 0) is 0 Å². The first-order valence-corrected chi connectivity index (χ1v) is 3.98. The maximum absolute atomic E-state index is 2.00. The molecule has 0 aromatic carbocycles. The van der Waals surface area contributed by atoms with Gasteiger partial charge in [-0.15, -0.1) is 0 Å². The lowest BCUT2D eigenvalue weighted by Crippen LogP contribution is -2.28. The molecule has 0 N–H and O–H groups in total. The van der Waals surface area contributed by atoms with E-state index in [1.807, 2.05) is 76.4 Å². The van der Waals surface area contributed by atoms with Crippen LogP contribution in [0.25, 0.3) is 0 Å². The molecule has 0 atom stereocenters. The third-order valence-corrected chi connectivity index (χ3v) is 1.60. The summed E-state index contributed by atoms with van der Waals surface area (Å²) in [5, 5.41) is 8.00. The van der Waals surface area contributed by atoms with Crippen LogP contribution in [-0.2, 0) is 0 Å². The summed E-state index contributed by atoms with van der Waals surface area (Å²) in [4.78, 5) is 0. The van der Waals surface area contributed by atoms with Gasteiger partial charge in [-0.2, -0.15) is 0 Å². The molecule has 0 radical (unpaired) electrons. The quantitative estimate of drug-likeness (QED) is 0.665. The van der Waals surface area contributed by atoms with Gasteiger partial charge in [0.15, 0.2) is 0 Å². The molecule has 0 amide bonds. The van der Waals surface area contributed by atoms with Crippen LogP contribution in [0.15, 0.2) is 0 Å². The van der Waals surface area contributed by atoms with Crippen LogP contribution in [0.1, 0.15) is 22.3 Å². The van der Waals surface area contributed by atoms with Crippen LogP contribution in [0.5, 0.6) is 0 Å². The molecule has 15 heavy (non-hydrogen) atoms. The van der Waals surface area contributed by atoms with Gasteiger partial charge in [0.2, 0.25) is 0 Å². The van der Waals surface area contributed by atoms with Gasteiger partial charge in [-0.3, -0.25) is 0 Å². The zero-order valence-electron chi connectivity index (χ0n) is 9.79. The maximum atomic E-state index is 2.00. The van der Waals surface area contributed by atoms with E-state index in [0.29, 0.717) is 0 Å². The maximum Gasteiger partial charge on any atom is 0.00151 e. The molecule has 0 aliphatic rings. The van der Waals surface area contributed by atoms with Crippen molar-refractivity contribution in [3.63, 3.8) is 0 Å². The van der Waals surface area contributed by atoms with E-state index in [1.54, 1.807) is 0 Å². The minimum atomic E-state index is 0. The zero-order chi connectivity index (χ0) is 10.3. The molecule has 0 aromatic heterocycles. The van der Waals surface area contributed by atoms with Crippen molar-refractivity contribution in [3.05, 3.63) is 0 Å². The van der Waals surface area contributed by atoms with Crippen molar-refractivity contribution >= 4 is 0 Å². The van der Waals surface area contributed by atoms with Crippen LogP contribution in [-0.4, -0.2) is 76.4 Å². The molecule has 100 valence electrons. The Morgan fingerprint density at radius 3 is 0.400 bits per heavy atom. The summed E-state index contributed by atoms with van der Waals surface area (Å²) in [6, 6.07) is 0. The first-order chi connectivity index (χ1) is 5.29. The Morgan fingerprint density at radius 2 is 0.400 bits per heavy atom. The third-order valence-electron chi connectivity index (χ3n) is 1.60. The van der Waals surface area contributed by atoms with Gasteiger partial charge in [0.1, 0.15) is 0 Å². The summed E-state index contributed by atoms with van der Waals surface area (Å²) in [5.74, 6) is 0. The Balaban J connectivity index is -0.0000000370. The minimum Gasteiger partial charge on any atom is -0.248 e. The van der Waals surface area contributed by atoms with Crippen molar-refractivity contribution in [1.29, 1.82) is 0 Å². The summed E-state index contributed by atoms with van der Waals surface area (Å²) in [6.45, 7) is 0. The fourth-order valence-electron chi connectivity index (χ4n) is 0. The first kappa shape index (κ1) is 29.4. The molecule has 0 bridgehead atoms. The largest absolute Gasteiger partial charge is 0.248 e. The molecule has 0 spiro atoms. The summed E-state index contributed by atoms with van der Waals surface area (Å²) in [5.41, 5.74) is 0. The topological polar surface area (TPSA) is 13.0 Å². The van der Waals surface area contributed by atoms with Gasteiger partial charge in [0, 0.05) is 56.4 Å². The minimum absolute atomic E-state index is 0. The van der Waals surface area contributed by atoms with Crippen molar-refractivity contribution < 1.29 is 0 Å². The monoisotopic (exact) mass is 224 g/mol. The summed E-state index contributed by atoms with van der Waals surface area (Å²) < 4.78 is 0. The third kappa shape index (κ3) is 31.6. The van der Waals surface area contributed by atoms with Crippen LogP contribution in [0, 0.1) is 0 Å². The number of nitrogens with zero attached hydrogens (tertiary/aromatic N) is 4. The molecule has 0 unspecified atom stereocenters. The summed E-state index contributed by atoms with van der Waals surface area (Å²) in [7, 11) is 16.0. The molecular weight excluding hydrogens is 188 g/mol. The van der Waals surface area contributed by atoms with Gasteiger partial charge in [-0.1, -0.05) is 22.3 Å².